The number of halogens is 1. The minimum Gasteiger partial charge on any atom is -0.352 e. The Morgan fingerprint density at radius 1 is 1.11 bits per heavy atom. The van der Waals surface area contributed by atoms with Gasteiger partial charge in [0.05, 0.1) is 6.04 Å². The number of carbonyl (C=O) groups is 1. The van der Waals surface area contributed by atoms with Gasteiger partial charge in [-0.25, -0.2) is 9.82 Å². The number of nitrogens with zero attached hydrogens (tertiary/aromatic N) is 2. The van der Waals surface area contributed by atoms with E-state index in [-0.39, 0.29) is 29.7 Å². The molecular weight excluding hydrogens is 441 g/mol. The number of hydrogen-bond donors (Lipinski definition) is 3. The van der Waals surface area contributed by atoms with E-state index >= 15 is 0 Å². The number of piperidine rings is 1. The number of amides is 1. The van der Waals surface area contributed by atoms with Crippen LogP contribution in [0.25, 0.3) is 0 Å². The van der Waals surface area contributed by atoms with Crippen molar-refractivity contribution in [3.63, 3.8) is 0 Å². The quantitative estimate of drug-likeness (QED) is 0.612. The average Bonchev–Trinajstić information content (AvgIpc) is 3.40. The number of aromatic nitrogens is 1. The molecule has 4 aliphatic rings. The van der Waals surface area contributed by atoms with Crippen LogP contribution in [0.1, 0.15) is 67.8 Å². The largest absolute Gasteiger partial charge is 0.352 e. The van der Waals surface area contributed by atoms with Crippen LogP contribution in [0.3, 0.4) is 0 Å². The average molecular weight is 478 g/mol. The summed E-state index contributed by atoms with van der Waals surface area (Å²) in [5, 5.41) is 3.47. The van der Waals surface area contributed by atoms with Crippen LogP contribution in [0, 0.1) is 24.6 Å². The lowest BCUT2D eigenvalue weighted by Crippen LogP contribution is -2.55. The second-order valence-corrected chi connectivity index (χ2v) is 11.0. The molecule has 1 aliphatic carbocycles. The van der Waals surface area contributed by atoms with Gasteiger partial charge in [0.2, 0.25) is 5.91 Å². The first-order valence-corrected chi connectivity index (χ1v) is 13.3. The van der Waals surface area contributed by atoms with Crippen molar-refractivity contribution in [3.05, 3.63) is 65.2 Å². The van der Waals surface area contributed by atoms with Crippen LogP contribution in [0.5, 0.6) is 0 Å². The first kappa shape index (κ1) is 23.1. The Labute approximate surface area is 207 Å². The molecule has 1 saturated carbocycles. The zero-order valence-corrected chi connectivity index (χ0v) is 20.4. The molecule has 1 amide bonds. The zero-order chi connectivity index (χ0) is 23.9. The van der Waals surface area contributed by atoms with Crippen LogP contribution in [-0.4, -0.2) is 40.0 Å². The predicted molar refractivity (Wildman–Crippen MR) is 133 cm³/mol. The molecule has 7 atom stereocenters. The van der Waals surface area contributed by atoms with Crippen molar-refractivity contribution in [1.82, 2.24) is 26.1 Å². The van der Waals surface area contributed by atoms with E-state index < -0.39 is 0 Å². The van der Waals surface area contributed by atoms with Gasteiger partial charge in [0.1, 0.15) is 5.82 Å². The van der Waals surface area contributed by atoms with Crippen molar-refractivity contribution >= 4 is 5.91 Å². The van der Waals surface area contributed by atoms with E-state index in [4.69, 9.17) is 0 Å². The van der Waals surface area contributed by atoms with E-state index in [1.54, 1.807) is 12.1 Å². The molecule has 6 nitrogen and oxygen atoms in total. The van der Waals surface area contributed by atoms with Gasteiger partial charge in [-0.2, -0.15) is 0 Å². The highest BCUT2D eigenvalue weighted by Gasteiger charge is 2.46. The van der Waals surface area contributed by atoms with Crippen LogP contribution in [0.4, 0.5) is 4.39 Å². The van der Waals surface area contributed by atoms with Gasteiger partial charge in [0, 0.05) is 54.1 Å². The number of benzene rings is 1. The van der Waals surface area contributed by atoms with Gasteiger partial charge in [-0.1, -0.05) is 18.2 Å². The molecule has 0 spiro atoms. The number of nitrogens with one attached hydrogen (secondary N) is 3. The van der Waals surface area contributed by atoms with Crippen molar-refractivity contribution in [2.75, 3.05) is 0 Å². The van der Waals surface area contributed by atoms with E-state index in [2.05, 4.69) is 38.2 Å². The fourth-order valence-electron chi connectivity index (χ4n) is 7.20. The first-order chi connectivity index (χ1) is 17.1. The number of rotatable bonds is 5. The Hall–Kier alpha value is -2.35. The maximum Gasteiger partial charge on any atom is 0.223 e. The van der Waals surface area contributed by atoms with Gasteiger partial charge in [0.15, 0.2) is 0 Å². The van der Waals surface area contributed by atoms with Crippen molar-refractivity contribution in [2.24, 2.45) is 11.8 Å². The molecule has 3 saturated heterocycles. The Balaban J connectivity index is 1.11. The number of carbonyl (C=O) groups excluding carboxylic acids is 1. The van der Waals surface area contributed by atoms with Gasteiger partial charge >= 0.3 is 0 Å². The van der Waals surface area contributed by atoms with Gasteiger partial charge in [-0.3, -0.25) is 20.1 Å². The monoisotopic (exact) mass is 477 g/mol. The third-order valence-corrected chi connectivity index (χ3v) is 9.01. The predicted octanol–water partition coefficient (Wildman–Crippen LogP) is 3.77. The minimum absolute atomic E-state index is 0.0440. The standard InChI is InChI=1S/C28H36FN5O/c1-17-14-18(12-13-30-17)27-22-15-19(6-9-24(22)32-33-27)28(35)31-25-10-7-21-8-11-26(25)34(21)16-20-4-2-3-5-23(20)29/h2-5,12-14,19,21-22,24-27,32-33H,6-11,15-16H2,1H3,(H,31,35)/t19?,21-,22?,24?,25?,26-,27?/m0/s1. The highest BCUT2D eigenvalue weighted by Crippen LogP contribution is 2.41. The maximum absolute atomic E-state index is 14.3. The smallest absolute Gasteiger partial charge is 0.223 e. The van der Waals surface area contributed by atoms with Gasteiger partial charge in [0.25, 0.3) is 0 Å². The zero-order valence-electron chi connectivity index (χ0n) is 20.4. The molecule has 3 N–H and O–H groups in total. The first-order valence-electron chi connectivity index (χ1n) is 13.3. The van der Waals surface area contributed by atoms with Gasteiger partial charge in [-0.15, -0.1) is 0 Å². The summed E-state index contributed by atoms with van der Waals surface area (Å²) in [4.78, 5) is 20.3. The summed E-state index contributed by atoms with van der Waals surface area (Å²) in [5.74, 6) is 0.511. The fourth-order valence-corrected chi connectivity index (χ4v) is 7.20. The van der Waals surface area contributed by atoms with Crippen LogP contribution in [0.15, 0.2) is 42.6 Å². The fraction of sp³-hybridized carbons (Fsp3) is 0.571. The summed E-state index contributed by atoms with van der Waals surface area (Å²) in [5.41, 5.74) is 9.99. The number of pyridine rings is 1. The highest BCUT2D eigenvalue weighted by molar-refractivity contribution is 5.79. The Morgan fingerprint density at radius 3 is 2.83 bits per heavy atom. The Morgan fingerprint density at radius 2 is 1.97 bits per heavy atom. The summed E-state index contributed by atoms with van der Waals surface area (Å²) in [6.45, 7) is 2.65. The highest BCUT2D eigenvalue weighted by atomic mass is 19.1. The van der Waals surface area contributed by atoms with Crippen LogP contribution < -0.4 is 16.2 Å². The van der Waals surface area contributed by atoms with Crippen molar-refractivity contribution in [2.45, 2.75) is 88.6 Å². The van der Waals surface area contributed by atoms with Gasteiger partial charge in [-0.05, 0) is 81.5 Å². The molecule has 1 aromatic heterocycles. The normalized spacial score (nSPS) is 34.5. The molecule has 2 aromatic rings. The Kier molecular flexibility index (Phi) is 6.33. The van der Waals surface area contributed by atoms with E-state index in [1.165, 1.54) is 5.56 Å². The maximum atomic E-state index is 14.3. The van der Waals surface area contributed by atoms with Crippen LogP contribution in [0.2, 0.25) is 0 Å². The van der Waals surface area contributed by atoms with Gasteiger partial charge < -0.3 is 5.32 Å². The summed E-state index contributed by atoms with van der Waals surface area (Å²) in [7, 11) is 0. The Bertz CT molecular complexity index is 1080. The second-order valence-electron chi connectivity index (χ2n) is 11.0. The molecule has 2 bridgehead atoms. The lowest BCUT2D eigenvalue weighted by atomic mass is 9.74. The van der Waals surface area contributed by atoms with E-state index in [9.17, 15) is 9.18 Å². The summed E-state index contributed by atoms with van der Waals surface area (Å²) in [6.07, 6.45) is 9.01. The number of hydrazine groups is 1. The molecule has 7 heteroatoms. The summed E-state index contributed by atoms with van der Waals surface area (Å²) >= 11 is 0. The third kappa shape index (κ3) is 4.50. The van der Waals surface area contributed by atoms with Crippen LogP contribution >= 0.6 is 0 Å². The van der Waals surface area contributed by atoms with E-state index in [0.29, 0.717) is 30.6 Å². The topological polar surface area (TPSA) is 69.3 Å². The van der Waals surface area contributed by atoms with Crippen molar-refractivity contribution in [1.29, 1.82) is 0 Å². The van der Waals surface area contributed by atoms with E-state index in [1.807, 2.05) is 25.3 Å². The number of fused-ring (bicyclic) bond motifs is 3. The number of aryl methyl sites for hydroxylation is 1. The SMILES string of the molecule is Cc1cc(C2NNC3CCC(C(=O)NC4CC[C@H]5CC[C@@H]4N5Cc4ccccc4F)CC32)ccn1. The molecule has 1 aromatic carbocycles. The van der Waals surface area contributed by atoms with Crippen molar-refractivity contribution < 1.29 is 9.18 Å². The molecule has 186 valence electrons. The molecule has 0 radical (unpaired) electrons. The third-order valence-electron chi connectivity index (χ3n) is 9.01. The lowest BCUT2D eigenvalue weighted by Gasteiger charge is -2.41. The summed E-state index contributed by atoms with van der Waals surface area (Å²) < 4.78 is 14.3. The van der Waals surface area contributed by atoms with Crippen molar-refractivity contribution in [3.8, 4) is 0 Å². The molecule has 35 heavy (non-hydrogen) atoms. The number of hydrogen-bond acceptors (Lipinski definition) is 5. The molecular formula is C28H36FN5O. The minimum atomic E-state index is -0.132. The molecule has 6 rings (SSSR count). The molecule has 5 unspecified atom stereocenters. The molecule has 4 heterocycles. The van der Waals surface area contributed by atoms with Crippen LogP contribution in [-0.2, 0) is 11.3 Å². The van der Waals surface area contributed by atoms with E-state index in [0.717, 1.165) is 56.2 Å². The second kappa shape index (κ2) is 9.60. The molecule has 4 fully saturated rings. The lowest BCUT2D eigenvalue weighted by molar-refractivity contribution is -0.128. The molecule has 3 aliphatic heterocycles. The summed E-state index contributed by atoms with van der Waals surface area (Å²) in [6, 6.07) is 12.9.